The summed E-state index contributed by atoms with van der Waals surface area (Å²) in [5, 5.41) is 8.63. The summed E-state index contributed by atoms with van der Waals surface area (Å²) >= 11 is 0. The highest BCUT2D eigenvalue weighted by Gasteiger charge is 2.13. The zero-order chi connectivity index (χ0) is 11.7. The van der Waals surface area contributed by atoms with Gasteiger partial charge in [0.1, 0.15) is 0 Å². The Hall–Kier alpha value is -0.230. The van der Waals surface area contributed by atoms with Gasteiger partial charge in [-0.3, -0.25) is 9.42 Å². The average molecular weight is 239 g/mol. The highest BCUT2D eigenvalue weighted by Crippen LogP contribution is 2.35. The molecule has 0 fully saturated rings. The third kappa shape index (κ3) is 10.1. The second kappa shape index (κ2) is 7.98. The summed E-state index contributed by atoms with van der Waals surface area (Å²) < 4.78 is 14.7. The monoisotopic (exact) mass is 239 g/mol. The molecule has 0 bridgehead atoms. The second-order valence-electron chi connectivity index (χ2n) is 2.99. The highest BCUT2D eigenvalue weighted by molar-refractivity contribution is 7.46. The van der Waals surface area contributed by atoms with E-state index in [1.165, 1.54) is 0 Å². The Balaban J connectivity index is 3.74. The first-order valence-corrected chi connectivity index (χ1v) is 6.17. The van der Waals surface area contributed by atoms with E-state index >= 15 is 0 Å². The molecule has 15 heavy (non-hydrogen) atoms. The number of aliphatic hydroxyl groups excluding tert-OH is 1. The van der Waals surface area contributed by atoms with Crippen LogP contribution in [0.3, 0.4) is 0 Å². The van der Waals surface area contributed by atoms with Crippen molar-refractivity contribution >= 4 is 7.82 Å². The molecule has 0 radical (unpaired) electrons. The summed E-state index contributed by atoms with van der Waals surface area (Å²) in [6.45, 7) is 5.27. The van der Waals surface area contributed by atoms with Gasteiger partial charge in [0.05, 0.1) is 6.61 Å². The molecule has 0 heterocycles. The summed E-state index contributed by atoms with van der Waals surface area (Å²) in [5.41, 5.74) is 0. The van der Waals surface area contributed by atoms with Crippen molar-refractivity contribution in [3.63, 3.8) is 0 Å². The van der Waals surface area contributed by atoms with Gasteiger partial charge in [-0.2, -0.15) is 0 Å². The predicted octanol–water partition coefficient (Wildman–Crippen LogP) is -0.0339. The van der Waals surface area contributed by atoms with E-state index in [-0.39, 0.29) is 13.2 Å². The van der Waals surface area contributed by atoms with Crippen molar-refractivity contribution in [2.75, 3.05) is 32.8 Å². The Kier molecular flexibility index (Phi) is 7.86. The van der Waals surface area contributed by atoms with Crippen molar-refractivity contribution in [2.24, 2.45) is 0 Å². The zero-order valence-electron chi connectivity index (χ0n) is 8.58. The maximum Gasteiger partial charge on any atom is 0.469 e. The van der Waals surface area contributed by atoms with Gasteiger partial charge in [0.2, 0.25) is 0 Å². The van der Waals surface area contributed by atoms with Gasteiger partial charge in [-0.25, -0.2) is 4.57 Å². The van der Waals surface area contributed by atoms with Gasteiger partial charge in [-0.05, 0) is 6.42 Å². The smallest absolute Gasteiger partial charge is 0.396 e. The van der Waals surface area contributed by atoms with Crippen molar-refractivity contribution in [3.8, 4) is 0 Å². The van der Waals surface area contributed by atoms with Crippen LogP contribution < -0.4 is 0 Å². The third-order valence-electron chi connectivity index (χ3n) is 1.69. The number of phosphoric acid groups is 1. The summed E-state index contributed by atoms with van der Waals surface area (Å²) in [5.74, 6) is 0. The average Bonchev–Trinajstić information content (AvgIpc) is 2.12. The molecule has 0 aliphatic rings. The minimum Gasteiger partial charge on any atom is -0.396 e. The maximum absolute atomic E-state index is 10.4. The normalized spacial score (nSPS) is 12.0. The number of aliphatic hydroxyl groups is 1. The Morgan fingerprint density at radius 2 is 2.07 bits per heavy atom. The molecular weight excluding hydrogens is 221 g/mol. The van der Waals surface area contributed by atoms with Gasteiger partial charge in [0.15, 0.2) is 0 Å². The largest absolute Gasteiger partial charge is 0.469 e. The zero-order valence-corrected chi connectivity index (χ0v) is 9.47. The molecule has 0 saturated carbocycles. The number of hydrogen-bond acceptors (Lipinski definition) is 4. The Labute approximate surface area is 89.4 Å². The predicted molar refractivity (Wildman–Crippen MR) is 56.3 cm³/mol. The van der Waals surface area contributed by atoms with Gasteiger partial charge >= 0.3 is 7.82 Å². The van der Waals surface area contributed by atoms with Gasteiger partial charge < -0.3 is 14.9 Å². The van der Waals surface area contributed by atoms with Crippen LogP contribution in [-0.4, -0.2) is 52.6 Å². The topological polar surface area (TPSA) is 90.2 Å². The molecule has 0 saturated heterocycles. The molecule has 3 N–H and O–H groups in total. The molecule has 0 aliphatic carbocycles. The first-order chi connectivity index (χ1) is 6.99. The van der Waals surface area contributed by atoms with Crippen LogP contribution in [0.2, 0.25) is 0 Å². The first-order valence-electron chi connectivity index (χ1n) is 4.64. The summed E-state index contributed by atoms with van der Waals surface area (Å²) in [7, 11) is -4.37. The molecule has 0 rings (SSSR count). The summed E-state index contributed by atoms with van der Waals surface area (Å²) in [6, 6.07) is 0. The minimum atomic E-state index is -4.37. The molecule has 0 spiro atoms. The summed E-state index contributed by atoms with van der Waals surface area (Å²) in [6.07, 6.45) is 2.30. The van der Waals surface area contributed by atoms with E-state index in [0.29, 0.717) is 26.1 Å². The fourth-order valence-electron chi connectivity index (χ4n) is 1.06. The summed E-state index contributed by atoms with van der Waals surface area (Å²) in [4.78, 5) is 18.8. The van der Waals surface area contributed by atoms with Gasteiger partial charge in [0.25, 0.3) is 0 Å². The quantitative estimate of drug-likeness (QED) is 0.386. The third-order valence-corrected chi connectivity index (χ3v) is 2.21. The molecule has 0 amide bonds. The molecule has 6 nitrogen and oxygen atoms in total. The van der Waals surface area contributed by atoms with Crippen LogP contribution in [0.4, 0.5) is 0 Å². The molecule has 0 aromatic heterocycles. The van der Waals surface area contributed by atoms with Gasteiger partial charge in [-0.1, -0.05) is 6.08 Å². The van der Waals surface area contributed by atoms with E-state index in [1.807, 2.05) is 4.90 Å². The molecule has 0 aromatic rings. The lowest BCUT2D eigenvalue weighted by Crippen LogP contribution is -2.29. The maximum atomic E-state index is 10.4. The number of phosphoric ester groups is 1. The van der Waals surface area contributed by atoms with E-state index < -0.39 is 7.82 Å². The minimum absolute atomic E-state index is 0.0381. The van der Waals surface area contributed by atoms with Crippen LogP contribution >= 0.6 is 7.82 Å². The van der Waals surface area contributed by atoms with Gasteiger partial charge in [0, 0.05) is 26.2 Å². The lowest BCUT2D eigenvalue weighted by Gasteiger charge is -2.19. The number of nitrogens with zero attached hydrogens (tertiary/aromatic N) is 1. The Morgan fingerprint density at radius 3 is 2.53 bits per heavy atom. The lowest BCUT2D eigenvalue weighted by atomic mass is 10.4. The van der Waals surface area contributed by atoms with E-state index in [1.54, 1.807) is 6.08 Å². The standard InChI is InChI=1S/C8H18NO5P/c1-2-4-9(5-3-7-10)6-8-14-15(11,12)13/h2,10H,1,3-8H2,(H2,11,12,13). The van der Waals surface area contributed by atoms with Crippen LogP contribution in [0.25, 0.3) is 0 Å². The van der Waals surface area contributed by atoms with E-state index in [2.05, 4.69) is 11.1 Å². The molecule has 0 unspecified atom stereocenters. The molecule has 0 atom stereocenters. The highest BCUT2D eigenvalue weighted by atomic mass is 31.2. The fraction of sp³-hybridized carbons (Fsp3) is 0.750. The molecular formula is C8H18NO5P. The van der Waals surface area contributed by atoms with Crippen LogP contribution in [0.1, 0.15) is 6.42 Å². The molecule has 0 aromatic carbocycles. The fourth-order valence-corrected chi connectivity index (χ4v) is 1.38. The Morgan fingerprint density at radius 1 is 1.40 bits per heavy atom. The van der Waals surface area contributed by atoms with Crippen LogP contribution in [0.5, 0.6) is 0 Å². The first kappa shape index (κ1) is 14.8. The van der Waals surface area contributed by atoms with E-state index in [4.69, 9.17) is 14.9 Å². The molecule has 0 aliphatic heterocycles. The van der Waals surface area contributed by atoms with Crippen molar-refractivity contribution < 1.29 is 24.0 Å². The molecule has 7 heteroatoms. The van der Waals surface area contributed by atoms with Crippen LogP contribution in [0, 0.1) is 0 Å². The second-order valence-corrected chi connectivity index (χ2v) is 4.23. The van der Waals surface area contributed by atoms with E-state index in [9.17, 15) is 4.57 Å². The van der Waals surface area contributed by atoms with Crippen molar-refractivity contribution in [1.29, 1.82) is 0 Å². The van der Waals surface area contributed by atoms with Crippen molar-refractivity contribution in [3.05, 3.63) is 12.7 Å². The van der Waals surface area contributed by atoms with Crippen LogP contribution in [-0.2, 0) is 9.09 Å². The van der Waals surface area contributed by atoms with Crippen molar-refractivity contribution in [2.45, 2.75) is 6.42 Å². The van der Waals surface area contributed by atoms with Gasteiger partial charge in [-0.15, -0.1) is 6.58 Å². The lowest BCUT2D eigenvalue weighted by molar-refractivity contribution is 0.160. The van der Waals surface area contributed by atoms with Crippen LogP contribution in [0.15, 0.2) is 12.7 Å². The van der Waals surface area contributed by atoms with E-state index in [0.717, 1.165) is 0 Å². The molecule has 90 valence electrons. The SMILES string of the molecule is C=CCN(CCCO)CCOP(=O)(O)O. The number of hydrogen-bond donors (Lipinski definition) is 3. The number of rotatable bonds is 9. The van der Waals surface area contributed by atoms with Crippen molar-refractivity contribution in [1.82, 2.24) is 4.90 Å². The Bertz CT molecular complexity index is 217.